The molecule has 3 rings (SSSR count). The zero-order valence-corrected chi connectivity index (χ0v) is 12.7. The van der Waals surface area contributed by atoms with Gasteiger partial charge in [-0.3, -0.25) is 4.68 Å². The molecule has 0 saturated heterocycles. The Labute approximate surface area is 124 Å². The Morgan fingerprint density at radius 1 is 1.10 bits per heavy atom. The van der Waals surface area contributed by atoms with Gasteiger partial charge in [0.05, 0.1) is 16.8 Å². The molecule has 3 heteroatoms. The van der Waals surface area contributed by atoms with Gasteiger partial charge in [0.25, 0.3) is 0 Å². The molecule has 3 aromatic rings. The third-order valence-electron chi connectivity index (χ3n) is 4.07. The monoisotopic (exact) mass is 280 g/mol. The van der Waals surface area contributed by atoms with Gasteiger partial charge < -0.3 is 5.11 Å². The molecular formula is C18H20N2O. The number of hydrogen-bond acceptors (Lipinski definition) is 2. The van der Waals surface area contributed by atoms with Crippen LogP contribution in [0.3, 0.4) is 0 Å². The van der Waals surface area contributed by atoms with Gasteiger partial charge in [-0.1, -0.05) is 42.5 Å². The van der Waals surface area contributed by atoms with E-state index in [1.165, 1.54) is 0 Å². The van der Waals surface area contributed by atoms with Crippen LogP contribution in [0.5, 0.6) is 0 Å². The molecule has 1 aromatic heterocycles. The maximum Gasteiger partial charge on any atom is 0.0927 e. The number of aryl methyl sites for hydroxylation is 2. The van der Waals surface area contributed by atoms with E-state index in [9.17, 15) is 5.11 Å². The van der Waals surface area contributed by atoms with E-state index in [2.05, 4.69) is 11.2 Å². The van der Waals surface area contributed by atoms with Crippen LogP contribution in [0.25, 0.3) is 10.9 Å². The molecule has 0 aliphatic carbocycles. The van der Waals surface area contributed by atoms with Crippen LogP contribution in [0.4, 0.5) is 0 Å². The number of fused-ring (bicyclic) bond motifs is 1. The minimum atomic E-state index is -0.928. The molecule has 2 aromatic carbocycles. The predicted octanol–water partition coefficient (Wildman–Crippen LogP) is 3.33. The second-order valence-electron chi connectivity index (χ2n) is 5.85. The molecule has 0 saturated carbocycles. The van der Waals surface area contributed by atoms with Crippen molar-refractivity contribution in [2.75, 3.05) is 0 Å². The van der Waals surface area contributed by atoms with E-state index < -0.39 is 5.60 Å². The Bertz CT molecular complexity index is 787. The average Bonchev–Trinajstić information content (AvgIpc) is 2.76. The molecule has 1 N–H and O–H groups in total. The van der Waals surface area contributed by atoms with Crippen LogP contribution in [-0.2, 0) is 19.1 Å². The zero-order chi connectivity index (χ0) is 15.0. The van der Waals surface area contributed by atoms with Gasteiger partial charge in [-0.2, -0.15) is 5.10 Å². The summed E-state index contributed by atoms with van der Waals surface area (Å²) in [4.78, 5) is 0. The highest BCUT2D eigenvalue weighted by molar-refractivity contribution is 5.82. The molecule has 0 fully saturated rings. The highest BCUT2D eigenvalue weighted by Gasteiger charge is 2.27. The summed E-state index contributed by atoms with van der Waals surface area (Å²) in [7, 11) is 1.94. The van der Waals surface area contributed by atoms with Crippen LogP contribution >= 0.6 is 0 Å². The highest BCUT2D eigenvalue weighted by atomic mass is 16.3. The Hall–Kier alpha value is -2.13. The van der Waals surface area contributed by atoms with Crippen molar-refractivity contribution in [1.29, 1.82) is 0 Å². The second kappa shape index (κ2) is 5.01. The summed E-state index contributed by atoms with van der Waals surface area (Å²) < 4.78 is 1.87. The molecule has 1 atom stereocenters. The van der Waals surface area contributed by atoms with Crippen molar-refractivity contribution < 1.29 is 5.11 Å². The van der Waals surface area contributed by atoms with E-state index in [1.807, 2.05) is 68.0 Å². The van der Waals surface area contributed by atoms with Crippen LogP contribution in [0.15, 0.2) is 48.5 Å². The van der Waals surface area contributed by atoms with Crippen LogP contribution in [0.2, 0.25) is 0 Å². The molecular weight excluding hydrogens is 260 g/mol. The van der Waals surface area contributed by atoms with Crippen molar-refractivity contribution in [3.8, 4) is 0 Å². The van der Waals surface area contributed by atoms with Crippen LogP contribution in [0, 0.1) is 6.92 Å². The SMILES string of the molecule is Cc1ccccc1C(C)(O)Cc1nn(C)c2ccccc12. The fraction of sp³-hybridized carbons (Fsp3) is 0.278. The largest absolute Gasteiger partial charge is 0.385 e. The molecule has 3 nitrogen and oxygen atoms in total. The van der Waals surface area contributed by atoms with E-state index in [4.69, 9.17) is 0 Å². The molecule has 0 spiro atoms. The Kier molecular flexibility index (Phi) is 3.30. The first-order chi connectivity index (χ1) is 9.99. The third-order valence-corrected chi connectivity index (χ3v) is 4.07. The predicted molar refractivity (Wildman–Crippen MR) is 85.2 cm³/mol. The summed E-state index contributed by atoms with van der Waals surface area (Å²) in [6.07, 6.45) is 0.499. The first kappa shape index (κ1) is 13.8. The van der Waals surface area contributed by atoms with Gasteiger partial charge >= 0.3 is 0 Å². The molecule has 1 unspecified atom stereocenters. The average molecular weight is 280 g/mol. The Morgan fingerprint density at radius 3 is 2.52 bits per heavy atom. The quantitative estimate of drug-likeness (QED) is 0.799. The first-order valence-electron chi connectivity index (χ1n) is 7.18. The van der Waals surface area contributed by atoms with Crippen LogP contribution in [0.1, 0.15) is 23.7 Å². The van der Waals surface area contributed by atoms with Gasteiger partial charge in [0.2, 0.25) is 0 Å². The number of rotatable bonds is 3. The smallest absolute Gasteiger partial charge is 0.0927 e. The summed E-state index contributed by atoms with van der Waals surface area (Å²) in [6.45, 7) is 3.89. The molecule has 0 aliphatic heterocycles. The fourth-order valence-electron chi connectivity index (χ4n) is 3.02. The van der Waals surface area contributed by atoms with E-state index in [-0.39, 0.29) is 0 Å². The lowest BCUT2D eigenvalue weighted by Crippen LogP contribution is -2.25. The van der Waals surface area contributed by atoms with Crippen LogP contribution < -0.4 is 0 Å². The minimum Gasteiger partial charge on any atom is -0.385 e. The molecule has 0 amide bonds. The fourth-order valence-corrected chi connectivity index (χ4v) is 3.02. The third kappa shape index (κ3) is 2.45. The number of nitrogens with zero attached hydrogens (tertiary/aromatic N) is 2. The van der Waals surface area contributed by atoms with Crippen molar-refractivity contribution in [2.45, 2.75) is 25.9 Å². The van der Waals surface area contributed by atoms with E-state index >= 15 is 0 Å². The van der Waals surface area contributed by atoms with Gasteiger partial charge in [-0.15, -0.1) is 0 Å². The van der Waals surface area contributed by atoms with E-state index in [0.717, 1.165) is 27.7 Å². The van der Waals surface area contributed by atoms with Crippen molar-refractivity contribution in [2.24, 2.45) is 7.05 Å². The van der Waals surface area contributed by atoms with E-state index in [0.29, 0.717) is 6.42 Å². The summed E-state index contributed by atoms with van der Waals surface area (Å²) >= 11 is 0. The number of aliphatic hydroxyl groups is 1. The maximum absolute atomic E-state index is 10.9. The standard InChI is InChI=1S/C18H20N2O/c1-13-8-4-6-10-15(13)18(2,21)12-16-14-9-5-7-11-17(14)20(3)19-16/h4-11,21H,12H2,1-3H3. The van der Waals surface area contributed by atoms with Crippen molar-refractivity contribution in [1.82, 2.24) is 9.78 Å². The summed E-state index contributed by atoms with van der Waals surface area (Å²) in [6, 6.07) is 16.1. The van der Waals surface area contributed by atoms with Crippen molar-refractivity contribution >= 4 is 10.9 Å². The summed E-state index contributed by atoms with van der Waals surface area (Å²) in [5, 5.41) is 16.6. The van der Waals surface area contributed by atoms with Gasteiger partial charge in [-0.05, 0) is 31.0 Å². The number of benzene rings is 2. The molecule has 0 radical (unpaired) electrons. The molecule has 1 heterocycles. The highest BCUT2D eigenvalue weighted by Crippen LogP contribution is 2.30. The van der Waals surface area contributed by atoms with Gasteiger partial charge in [0.1, 0.15) is 0 Å². The molecule has 0 aliphatic rings. The zero-order valence-electron chi connectivity index (χ0n) is 12.7. The van der Waals surface area contributed by atoms with Gasteiger partial charge in [0, 0.05) is 18.9 Å². The summed E-state index contributed by atoms with van der Waals surface area (Å²) in [5.74, 6) is 0. The minimum absolute atomic E-state index is 0.499. The maximum atomic E-state index is 10.9. The van der Waals surface area contributed by atoms with Gasteiger partial charge in [0.15, 0.2) is 0 Å². The lowest BCUT2D eigenvalue weighted by Gasteiger charge is -2.25. The normalized spacial score (nSPS) is 14.3. The lowest BCUT2D eigenvalue weighted by molar-refractivity contribution is 0.0561. The summed E-state index contributed by atoms with van der Waals surface area (Å²) in [5.41, 5.74) is 3.15. The van der Waals surface area contributed by atoms with E-state index in [1.54, 1.807) is 0 Å². The molecule has 21 heavy (non-hydrogen) atoms. The topological polar surface area (TPSA) is 38.1 Å². The lowest BCUT2D eigenvalue weighted by atomic mass is 9.87. The first-order valence-corrected chi connectivity index (χ1v) is 7.18. The number of para-hydroxylation sites is 1. The Morgan fingerprint density at radius 2 is 1.76 bits per heavy atom. The molecule has 108 valence electrons. The molecule has 0 bridgehead atoms. The number of hydrogen-bond donors (Lipinski definition) is 1. The Balaban J connectivity index is 2.04. The van der Waals surface area contributed by atoms with Gasteiger partial charge in [-0.25, -0.2) is 0 Å². The van der Waals surface area contributed by atoms with Crippen molar-refractivity contribution in [3.05, 3.63) is 65.4 Å². The van der Waals surface area contributed by atoms with Crippen LogP contribution in [-0.4, -0.2) is 14.9 Å². The number of aromatic nitrogens is 2. The van der Waals surface area contributed by atoms with Crippen molar-refractivity contribution in [3.63, 3.8) is 0 Å². The second-order valence-corrected chi connectivity index (χ2v) is 5.85.